The number of aliphatic carboxylic acids is 1. The van der Waals surface area contributed by atoms with Crippen LogP contribution in [0.25, 0.3) is 0 Å². The number of ether oxygens (including phenoxy) is 1. The van der Waals surface area contributed by atoms with Crippen molar-refractivity contribution in [1.29, 1.82) is 0 Å². The average Bonchev–Trinajstić information content (AvgIpc) is 2.17. The van der Waals surface area contributed by atoms with E-state index in [2.05, 4.69) is 9.72 Å². The van der Waals surface area contributed by atoms with Gasteiger partial charge in [-0.15, -0.1) is 13.2 Å². The summed E-state index contributed by atoms with van der Waals surface area (Å²) in [5, 5.41) is 8.39. The molecule has 1 heterocycles. The fraction of sp³-hybridized carbons (Fsp3) is 0.333. The van der Waals surface area contributed by atoms with Gasteiger partial charge in [0, 0.05) is 6.07 Å². The fourth-order valence-electron chi connectivity index (χ4n) is 1.26. The summed E-state index contributed by atoms with van der Waals surface area (Å²) in [4.78, 5) is 13.1. The van der Waals surface area contributed by atoms with Crippen LogP contribution in [0.5, 0.6) is 5.75 Å². The van der Waals surface area contributed by atoms with Crippen LogP contribution in [0.1, 0.15) is 11.3 Å². The van der Waals surface area contributed by atoms with Gasteiger partial charge in [0.05, 0.1) is 12.1 Å². The van der Waals surface area contributed by atoms with Crippen LogP contribution < -0.4 is 4.74 Å². The van der Waals surface area contributed by atoms with Gasteiger partial charge in [-0.3, -0.25) is 4.79 Å². The second-order valence-corrected chi connectivity index (χ2v) is 3.38. The molecule has 0 spiro atoms. The van der Waals surface area contributed by atoms with Gasteiger partial charge in [-0.25, -0.2) is 4.98 Å². The predicted octanol–water partition coefficient (Wildman–Crippen LogP) is 2.77. The molecule has 0 aliphatic rings. The molecule has 0 aliphatic heterocycles. The van der Waals surface area contributed by atoms with Crippen LogP contribution in [0.3, 0.4) is 0 Å². The lowest BCUT2D eigenvalue weighted by molar-refractivity contribution is -0.276. The zero-order chi connectivity index (χ0) is 15.7. The van der Waals surface area contributed by atoms with Crippen LogP contribution in [0.4, 0.5) is 30.7 Å². The van der Waals surface area contributed by atoms with Gasteiger partial charge >= 0.3 is 18.5 Å². The lowest BCUT2D eigenvalue weighted by Crippen LogP contribution is -2.23. The second-order valence-electron chi connectivity index (χ2n) is 3.38. The summed E-state index contributed by atoms with van der Waals surface area (Å²) in [6, 6.07) is -0.313. The number of aromatic nitrogens is 1. The summed E-state index contributed by atoms with van der Waals surface area (Å²) >= 11 is 0. The van der Waals surface area contributed by atoms with E-state index in [0.717, 1.165) is 0 Å². The first kappa shape index (κ1) is 16.0. The highest BCUT2D eigenvalue weighted by Crippen LogP contribution is 2.40. The minimum atomic E-state index is -5.52. The molecule has 1 aromatic heterocycles. The van der Waals surface area contributed by atoms with E-state index >= 15 is 0 Å². The highest BCUT2D eigenvalue weighted by atomic mass is 19.4. The molecule has 0 radical (unpaired) electrons. The third kappa shape index (κ3) is 4.24. The molecule has 112 valence electrons. The van der Waals surface area contributed by atoms with Crippen LogP contribution in [0.2, 0.25) is 0 Å². The monoisotopic (exact) mass is 307 g/mol. The molecule has 4 nitrogen and oxygen atoms in total. The number of pyridine rings is 1. The first-order valence-corrected chi connectivity index (χ1v) is 4.64. The molecular formula is C9H4F7NO3. The number of hydrogen-bond acceptors (Lipinski definition) is 3. The van der Waals surface area contributed by atoms with Gasteiger partial charge < -0.3 is 9.84 Å². The maximum atomic E-state index is 12.9. The molecule has 0 saturated carbocycles. The van der Waals surface area contributed by atoms with Crippen molar-refractivity contribution in [3.05, 3.63) is 23.3 Å². The minimum absolute atomic E-state index is 0.313. The van der Waals surface area contributed by atoms with Gasteiger partial charge in [-0.2, -0.15) is 17.6 Å². The van der Waals surface area contributed by atoms with Crippen molar-refractivity contribution >= 4 is 5.97 Å². The van der Waals surface area contributed by atoms with Crippen molar-refractivity contribution in [2.24, 2.45) is 0 Å². The number of alkyl halides is 6. The van der Waals surface area contributed by atoms with E-state index in [1.807, 2.05) is 0 Å². The third-order valence-electron chi connectivity index (χ3n) is 1.85. The van der Waals surface area contributed by atoms with Crippen molar-refractivity contribution in [1.82, 2.24) is 4.98 Å². The van der Waals surface area contributed by atoms with Gasteiger partial charge in [-0.05, 0) is 0 Å². The summed E-state index contributed by atoms with van der Waals surface area (Å²) in [6.45, 7) is 0. The normalized spacial score (nSPS) is 12.3. The van der Waals surface area contributed by atoms with E-state index in [9.17, 15) is 35.5 Å². The Hall–Kier alpha value is -2.07. The zero-order valence-electron chi connectivity index (χ0n) is 9.14. The molecule has 20 heavy (non-hydrogen) atoms. The van der Waals surface area contributed by atoms with E-state index in [4.69, 9.17) is 5.11 Å². The lowest BCUT2D eigenvalue weighted by Gasteiger charge is -2.17. The van der Waals surface area contributed by atoms with E-state index in [0.29, 0.717) is 0 Å². The smallest absolute Gasteiger partial charge is 0.481 e. The van der Waals surface area contributed by atoms with Crippen molar-refractivity contribution in [2.75, 3.05) is 0 Å². The molecule has 0 atom stereocenters. The third-order valence-corrected chi connectivity index (χ3v) is 1.85. The van der Waals surface area contributed by atoms with Crippen LogP contribution in [-0.2, 0) is 17.4 Å². The van der Waals surface area contributed by atoms with Gasteiger partial charge in [-0.1, -0.05) is 0 Å². The molecule has 0 unspecified atom stereocenters. The minimum Gasteiger partial charge on any atom is -0.481 e. The number of halogens is 7. The van der Waals surface area contributed by atoms with Crippen LogP contribution in [-0.4, -0.2) is 22.4 Å². The maximum absolute atomic E-state index is 12.9. The Balaban J connectivity index is 3.49. The Labute approximate surface area is 105 Å². The Morgan fingerprint density at radius 2 is 1.80 bits per heavy atom. The molecule has 0 fully saturated rings. The topological polar surface area (TPSA) is 59.4 Å². The molecule has 1 N–H and O–H groups in total. The Kier molecular flexibility index (Phi) is 4.10. The molecular weight excluding hydrogens is 303 g/mol. The highest BCUT2D eigenvalue weighted by molar-refractivity contribution is 5.70. The van der Waals surface area contributed by atoms with Crippen molar-refractivity contribution in [3.8, 4) is 5.75 Å². The van der Waals surface area contributed by atoms with Gasteiger partial charge in [0.2, 0.25) is 5.95 Å². The summed E-state index contributed by atoms with van der Waals surface area (Å²) in [5.74, 6) is -5.46. The highest BCUT2D eigenvalue weighted by Gasteiger charge is 2.42. The van der Waals surface area contributed by atoms with Crippen LogP contribution in [0, 0.1) is 5.95 Å². The summed E-state index contributed by atoms with van der Waals surface area (Å²) in [7, 11) is 0. The second kappa shape index (κ2) is 5.13. The van der Waals surface area contributed by atoms with E-state index < -0.39 is 47.9 Å². The van der Waals surface area contributed by atoms with E-state index in [-0.39, 0.29) is 6.07 Å². The molecule has 11 heteroatoms. The molecule has 0 bridgehead atoms. The summed E-state index contributed by atoms with van der Waals surface area (Å²) in [6.07, 6.45) is -12.3. The van der Waals surface area contributed by atoms with Crippen molar-refractivity contribution in [2.45, 2.75) is 19.0 Å². The SMILES string of the molecule is O=C(O)Cc1nc(F)cc(C(F)(F)F)c1OC(F)(F)F. The quantitative estimate of drug-likeness (QED) is 0.689. The number of nitrogens with zero attached hydrogens (tertiary/aromatic N) is 1. The molecule has 0 saturated heterocycles. The van der Waals surface area contributed by atoms with Crippen molar-refractivity contribution in [3.63, 3.8) is 0 Å². The lowest BCUT2D eigenvalue weighted by atomic mass is 10.1. The van der Waals surface area contributed by atoms with Gasteiger partial charge in [0.25, 0.3) is 0 Å². The average molecular weight is 307 g/mol. The molecule has 1 aromatic rings. The van der Waals surface area contributed by atoms with Gasteiger partial charge in [0.15, 0.2) is 5.75 Å². The van der Waals surface area contributed by atoms with Crippen LogP contribution in [0.15, 0.2) is 6.07 Å². The predicted molar refractivity (Wildman–Crippen MR) is 47.2 cm³/mol. The number of carboxylic acids is 1. The van der Waals surface area contributed by atoms with E-state index in [1.54, 1.807) is 0 Å². The summed E-state index contributed by atoms with van der Waals surface area (Å²) < 4.78 is 89.8. The fourth-order valence-corrected chi connectivity index (χ4v) is 1.26. The molecule has 0 amide bonds. The number of carboxylic acid groups (broad SMARTS) is 1. The largest absolute Gasteiger partial charge is 0.573 e. The number of rotatable bonds is 3. The maximum Gasteiger partial charge on any atom is 0.573 e. The Morgan fingerprint density at radius 1 is 1.25 bits per heavy atom. The number of carbonyl (C=O) groups is 1. The van der Waals surface area contributed by atoms with Gasteiger partial charge in [0.1, 0.15) is 5.56 Å². The molecule has 0 aromatic carbocycles. The standard InChI is InChI=1S/C9H4F7NO3/c10-5-1-3(8(11,12)13)7(20-9(14,15)16)4(17-5)2-6(18)19/h1H,2H2,(H,18,19). The zero-order valence-corrected chi connectivity index (χ0v) is 9.14. The Morgan fingerprint density at radius 3 is 2.20 bits per heavy atom. The summed E-state index contributed by atoms with van der Waals surface area (Å²) in [5.41, 5.74) is -3.42. The molecule has 1 rings (SSSR count). The Bertz CT molecular complexity index is 523. The van der Waals surface area contributed by atoms with E-state index in [1.165, 1.54) is 0 Å². The number of hydrogen-bond donors (Lipinski definition) is 1. The van der Waals surface area contributed by atoms with Crippen LogP contribution >= 0.6 is 0 Å². The first-order chi connectivity index (χ1) is 8.90. The first-order valence-electron chi connectivity index (χ1n) is 4.64. The van der Waals surface area contributed by atoms with Crippen molar-refractivity contribution < 1.29 is 45.4 Å². The molecule has 0 aliphatic carbocycles.